The van der Waals surface area contributed by atoms with Crippen molar-refractivity contribution >= 4 is 74.1 Å². The lowest BCUT2D eigenvalue weighted by Gasteiger charge is -2.31. The Bertz CT molecular complexity index is 2810. The van der Waals surface area contributed by atoms with E-state index in [1.807, 2.05) is 24.5 Å². The van der Waals surface area contributed by atoms with Gasteiger partial charge in [-0.25, -0.2) is 0 Å². The normalized spacial score (nSPS) is 15.6. The number of amides is 5. The molecule has 1 fully saturated rings. The van der Waals surface area contributed by atoms with E-state index in [2.05, 4.69) is 39.7 Å². The number of benzene rings is 3. The van der Waals surface area contributed by atoms with Crippen molar-refractivity contribution in [1.82, 2.24) is 31.5 Å². The Labute approximate surface area is 455 Å². The maximum Gasteiger partial charge on any atom is 0.303 e. The summed E-state index contributed by atoms with van der Waals surface area (Å²) in [5.74, 6) is -5.66. The molecule has 77 heavy (non-hydrogen) atoms. The number of likely N-dealkylation sites (tertiary alicyclic amines) is 1. The van der Waals surface area contributed by atoms with Gasteiger partial charge in [-0.15, -0.1) is 11.8 Å². The highest BCUT2D eigenvalue weighted by Gasteiger charge is 2.39. The third-order valence-corrected chi connectivity index (χ3v) is 14.0. The quantitative estimate of drug-likeness (QED) is 0.0271. The average Bonchev–Trinajstić information content (AvgIpc) is 3.86. The van der Waals surface area contributed by atoms with E-state index in [4.69, 9.17) is 4.74 Å². The lowest BCUT2D eigenvalue weighted by Crippen LogP contribution is -2.59. The number of carbonyl (C=O) groups excluding carboxylic acids is 5. The summed E-state index contributed by atoms with van der Waals surface area (Å²) in [5.41, 5.74) is 1.66. The Morgan fingerprint density at radius 3 is 2.17 bits per heavy atom. The van der Waals surface area contributed by atoms with Crippen LogP contribution >= 0.6 is 11.8 Å². The van der Waals surface area contributed by atoms with E-state index in [9.17, 15) is 56.7 Å². The zero-order valence-corrected chi connectivity index (χ0v) is 46.3. The van der Waals surface area contributed by atoms with E-state index in [1.165, 1.54) is 28.8 Å². The first kappa shape index (κ1) is 62.7. The minimum Gasteiger partial charge on any atom is -0.493 e. The van der Waals surface area contributed by atoms with Crippen LogP contribution in [0.4, 0.5) is 0 Å². The smallest absolute Gasteiger partial charge is 0.303 e. The second-order valence-corrected chi connectivity index (χ2v) is 22.0. The van der Waals surface area contributed by atoms with Crippen LogP contribution in [-0.2, 0) is 51.1 Å². The number of thioether (sulfide) groups is 1. The second kappa shape index (κ2) is 29.6. The van der Waals surface area contributed by atoms with E-state index >= 15 is 0 Å². The highest BCUT2D eigenvalue weighted by Crippen LogP contribution is 2.31. The summed E-state index contributed by atoms with van der Waals surface area (Å²) in [5, 5.41) is 35.3. The van der Waals surface area contributed by atoms with Gasteiger partial charge in [-0.05, 0) is 125 Å². The predicted molar refractivity (Wildman–Crippen MR) is 298 cm³/mol. The molecule has 5 atom stereocenters. The van der Waals surface area contributed by atoms with Gasteiger partial charge in [-0.1, -0.05) is 79.9 Å². The van der Waals surface area contributed by atoms with E-state index in [0.29, 0.717) is 39.8 Å². The van der Waals surface area contributed by atoms with Crippen LogP contribution in [0.1, 0.15) is 107 Å². The fourth-order valence-electron chi connectivity index (χ4n) is 9.01. The summed E-state index contributed by atoms with van der Waals surface area (Å²) in [4.78, 5) is 97.5. The molecule has 0 saturated carbocycles. The fraction of sp³-hybridized carbons (Fsp3) is 0.446. The molecule has 5 amide bonds. The van der Waals surface area contributed by atoms with Gasteiger partial charge >= 0.3 is 11.9 Å². The SMILES string of the molecule is C=C/C=C(SC)\C(=C/C)C(=C)C[C@H](NC(=O)[C@@H]1CCCN1C(=O)[C@H](CCC(=O)O)NC[C@H](Cc1ccc(CS(=O)(=O)O)cc1)NC(=O)c1c(OCC)ccc2ccccc12)C(=O)N[C@@H](CCCC(=O)O)C(=O)NC(C)(C)C. The molecule has 4 rings (SSSR count). The summed E-state index contributed by atoms with van der Waals surface area (Å²) < 4.78 is 38.6. The molecule has 8 N–H and O–H groups in total. The molecular formula is C56H74N6O13S2. The maximum atomic E-state index is 14.8. The standard InChI is InChI=1S/C56H74N6O13S2/c1-9-16-47(76-8)40(10-2)35(4)31-44(51(67)59-42(19-14-21-48(63)64)52(68)61-56(5,6)7)60-53(69)45-20-15-30-62(45)55(71)43(27-29-49(65)66)57-33-39(32-36-22-24-37(25-23-36)34-77(72,73)74)58-54(70)50-41-18-13-12-17-38(41)26-28-46(50)75-11-3/h9-10,12-13,16-18,22-26,28,39,42-45,57H,1,4,11,14-15,19-21,27,29-34H2,2-3,5-8H3,(H,58,70)(H,59,67)(H,60,69)(H,61,68)(H,63,64)(H,65,66)(H,72,73,74)/b40-10-,47-16+/t39-,42-,43-,44-,45-/m0/s1. The minimum atomic E-state index is -4.32. The Kier molecular flexibility index (Phi) is 24.1. The zero-order valence-electron chi connectivity index (χ0n) is 44.7. The van der Waals surface area contributed by atoms with Crippen LogP contribution in [0.15, 0.2) is 108 Å². The molecule has 418 valence electrons. The van der Waals surface area contributed by atoms with Crippen molar-refractivity contribution in [1.29, 1.82) is 0 Å². The molecule has 1 heterocycles. The van der Waals surface area contributed by atoms with Crippen LogP contribution in [0.25, 0.3) is 10.8 Å². The Morgan fingerprint density at radius 2 is 1.56 bits per heavy atom. The molecule has 1 saturated heterocycles. The third kappa shape index (κ3) is 19.9. The Balaban J connectivity index is 1.68. The molecule has 1 aliphatic rings. The van der Waals surface area contributed by atoms with Gasteiger partial charge in [0.05, 0.1) is 18.2 Å². The van der Waals surface area contributed by atoms with Crippen molar-refractivity contribution < 1.29 is 61.5 Å². The maximum absolute atomic E-state index is 14.8. The number of nitrogens with one attached hydrogen (secondary N) is 5. The zero-order chi connectivity index (χ0) is 57.0. The molecule has 0 aliphatic carbocycles. The molecule has 21 heteroatoms. The van der Waals surface area contributed by atoms with E-state index < -0.39 is 99.5 Å². The largest absolute Gasteiger partial charge is 0.493 e. The lowest BCUT2D eigenvalue weighted by atomic mass is 9.97. The van der Waals surface area contributed by atoms with Crippen LogP contribution in [0.2, 0.25) is 0 Å². The summed E-state index contributed by atoms with van der Waals surface area (Å²) in [6.07, 6.45) is 6.71. The molecule has 0 spiro atoms. The molecule has 0 bridgehead atoms. The summed E-state index contributed by atoms with van der Waals surface area (Å²) in [6.45, 7) is 17.2. The van der Waals surface area contributed by atoms with Crippen molar-refractivity contribution in [2.24, 2.45) is 0 Å². The number of carboxylic acids is 2. The monoisotopic (exact) mass is 1100 g/mol. The molecule has 19 nitrogen and oxygen atoms in total. The van der Waals surface area contributed by atoms with E-state index in [-0.39, 0.29) is 70.2 Å². The average molecular weight is 1100 g/mol. The van der Waals surface area contributed by atoms with Crippen LogP contribution in [0.3, 0.4) is 0 Å². The summed E-state index contributed by atoms with van der Waals surface area (Å²) in [7, 11) is -4.32. The number of hydrogen-bond donors (Lipinski definition) is 8. The van der Waals surface area contributed by atoms with Crippen molar-refractivity contribution in [3.05, 3.63) is 125 Å². The molecule has 3 aromatic rings. The summed E-state index contributed by atoms with van der Waals surface area (Å²) in [6, 6.07) is 11.5. The number of fused-ring (bicyclic) bond motifs is 1. The molecule has 0 unspecified atom stereocenters. The molecular weight excluding hydrogens is 1030 g/mol. The van der Waals surface area contributed by atoms with Gasteiger partial charge in [-0.3, -0.25) is 38.1 Å². The van der Waals surface area contributed by atoms with Crippen LogP contribution in [0, 0.1) is 0 Å². The number of carboxylic acid groups (broad SMARTS) is 2. The summed E-state index contributed by atoms with van der Waals surface area (Å²) >= 11 is 1.41. The number of allylic oxidation sites excluding steroid dienone is 4. The van der Waals surface area contributed by atoms with Crippen molar-refractivity contribution in [2.45, 2.75) is 134 Å². The molecule has 0 radical (unpaired) electrons. The van der Waals surface area contributed by atoms with Gasteiger partial charge in [-0.2, -0.15) is 8.42 Å². The number of ether oxygens (including phenoxy) is 1. The van der Waals surface area contributed by atoms with E-state index in [0.717, 1.165) is 10.3 Å². The van der Waals surface area contributed by atoms with Crippen molar-refractivity contribution in [3.63, 3.8) is 0 Å². The Hall–Kier alpha value is -6.81. The van der Waals surface area contributed by atoms with Crippen LogP contribution < -0.4 is 31.3 Å². The first-order chi connectivity index (χ1) is 36.4. The second-order valence-electron chi connectivity index (χ2n) is 19.7. The molecule has 3 aromatic carbocycles. The predicted octanol–water partition coefficient (Wildman–Crippen LogP) is 6.25. The van der Waals surface area contributed by atoms with Crippen molar-refractivity contribution in [2.75, 3.05) is 26.0 Å². The number of rotatable bonds is 30. The number of carbonyl (C=O) groups is 7. The Morgan fingerprint density at radius 1 is 0.883 bits per heavy atom. The van der Waals surface area contributed by atoms with Crippen molar-refractivity contribution in [3.8, 4) is 5.75 Å². The minimum absolute atomic E-state index is 0.0264. The topological polar surface area (TPSA) is 287 Å². The first-order valence-electron chi connectivity index (χ1n) is 25.5. The van der Waals surface area contributed by atoms with Gasteiger partial charge < -0.3 is 46.4 Å². The number of hydrogen-bond acceptors (Lipinski definition) is 12. The van der Waals surface area contributed by atoms with Gasteiger partial charge in [0.15, 0.2) is 0 Å². The van der Waals surface area contributed by atoms with Crippen LogP contribution in [-0.4, -0.2) is 131 Å². The van der Waals surface area contributed by atoms with Gasteiger partial charge in [0, 0.05) is 48.8 Å². The van der Waals surface area contributed by atoms with E-state index in [1.54, 1.807) is 83.2 Å². The van der Waals surface area contributed by atoms with Gasteiger partial charge in [0.2, 0.25) is 23.6 Å². The highest BCUT2D eigenvalue weighted by molar-refractivity contribution is 8.02. The first-order valence-corrected chi connectivity index (χ1v) is 28.3. The van der Waals surface area contributed by atoms with Gasteiger partial charge in [0.1, 0.15) is 29.6 Å². The number of aliphatic carboxylic acids is 2. The lowest BCUT2D eigenvalue weighted by molar-refractivity contribution is -0.142. The van der Waals surface area contributed by atoms with Gasteiger partial charge in [0.25, 0.3) is 16.0 Å². The third-order valence-electron chi connectivity index (χ3n) is 12.5. The number of nitrogens with zero attached hydrogens (tertiary/aromatic N) is 1. The highest BCUT2D eigenvalue weighted by atomic mass is 32.2. The van der Waals surface area contributed by atoms with Crippen LogP contribution in [0.5, 0.6) is 5.75 Å². The molecule has 1 aliphatic heterocycles. The molecule has 0 aromatic heterocycles. The fourth-order valence-corrected chi connectivity index (χ4v) is 10.3.